The summed E-state index contributed by atoms with van der Waals surface area (Å²) in [6.45, 7) is 6.24. The molecule has 8 atom stereocenters. The van der Waals surface area contributed by atoms with Crippen molar-refractivity contribution in [1.29, 1.82) is 0 Å². The third kappa shape index (κ3) is 3.19. The van der Waals surface area contributed by atoms with Crippen LogP contribution in [0.3, 0.4) is 0 Å². The first kappa shape index (κ1) is 20.9. The average molecular weight is 432 g/mol. The molecule has 1 aromatic rings. The molecule has 4 heterocycles. The van der Waals surface area contributed by atoms with Crippen LogP contribution in [0.1, 0.15) is 56.8 Å². The number of benzene rings is 1. The molecule has 1 aromatic carbocycles. The molecular weight excluding hydrogens is 404 g/mol. The lowest BCUT2D eigenvalue weighted by molar-refractivity contribution is -0.575. The van der Waals surface area contributed by atoms with E-state index in [1.165, 1.54) is 12.1 Å². The van der Waals surface area contributed by atoms with Crippen LogP contribution >= 0.6 is 0 Å². The maximum absolute atomic E-state index is 11.6. The lowest BCUT2D eigenvalue weighted by Gasteiger charge is -2.60. The zero-order valence-corrected chi connectivity index (χ0v) is 17.9. The van der Waals surface area contributed by atoms with Gasteiger partial charge in [0.2, 0.25) is 12.1 Å². The van der Waals surface area contributed by atoms with Crippen molar-refractivity contribution in [3.05, 3.63) is 29.8 Å². The molecule has 31 heavy (non-hydrogen) atoms. The van der Waals surface area contributed by atoms with E-state index in [2.05, 4.69) is 13.8 Å². The van der Waals surface area contributed by atoms with E-state index in [0.717, 1.165) is 25.7 Å². The molecule has 4 saturated heterocycles. The monoisotopic (exact) mass is 432 g/mol. The second-order valence-corrected chi connectivity index (χ2v) is 9.55. The fourth-order valence-corrected chi connectivity index (χ4v) is 5.95. The maximum atomic E-state index is 11.6. The number of rotatable bonds is 4. The molecular formula is C23H28O8. The molecule has 1 N–H and O–H groups in total. The third-order valence-corrected chi connectivity index (χ3v) is 7.66. The van der Waals surface area contributed by atoms with Gasteiger partial charge in [-0.3, -0.25) is 4.79 Å². The first-order valence-corrected chi connectivity index (χ1v) is 11.0. The van der Waals surface area contributed by atoms with Crippen molar-refractivity contribution in [2.45, 2.75) is 70.4 Å². The van der Waals surface area contributed by atoms with Gasteiger partial charge in [-0.1, -0.05) is 13.8 Å². The van der Waals surface area contributed by atoms with E-state index in [4.69, 9.17) is 29.1 Å². The lowest BCUT2D eigenvalue weighted by Crippen LogP contribution is -2.70. The zero-order chi connectivity index (χ0) is 22.0. The molecule has 5 fully saturated rings. The highest BCUT2D eigenvalue weighted by molar-refractivity contribution is 6.39. The van der Waals surface area contributed by atoms with E-state index >= 15 is 0 Å². The Morgan fingerprint density at radius 3 is 2.52 bits per heavy atom. The summed E-state index contributed by atoms with van der Waals surface area (Å²) in [5, 5.41) is 8.87. The van der Waals surface area contributed by atoms with Crippen molar-refractivity contribution in [2.24, 2.45) is 23.7 Å². The summed E-state index contributed by atoms with van der Waals surface area (Å²) in [5.41, 5.74) is -0.548. The second kappa shape index (κ2) is 7.27. The van der Waals surface area contributed by atoms with Crippen LogP contribution in [0.15, 0.2) is 24.3 Å². The van der Waals surface area contributed by atoms with Crippen molar-refractivity contribution in [1.82, 2.24) is 0 Å². The number of ketones is 1. The molecule has 0 unspecified atom stereocenters. The second-order valence-electron chi connectivity index (χ2n) is 9.55. The van der Waals surface area contributed by atoms with Crippen LogP contribution < -0.4 is 4.74 Å². The molecule has 8 nitrogen and oxygen atoms in total. The summed E-state index contributed by atoms with van der Waals surface area (Å²) in [6.07, 6.45) is 2.62. The number of carboxylic acid groups (broad SMARTS) is 1. The lowest BCUT2D eigenvalue weighted by atomic mass is 9.58. The highest BCUT2D eigenvalue weighted by Crippen LogP contribution is 2.60. The molecule has 2 bridgehead atoms. The Bertz CT molecular complexity index is 884. The fourth-order valence-electron chi connectivity index (χ4n) is 5.95. The number of hydrogen-bond donors (Lipinski definition) is 1. The minimum absolute atomic E-state index is 0.0150. The summed E-state index contributed by atoms with van der Waals surface area (Å²) < 4.78 is 18.8. The van der Waals surface area contributed by atoms with Gasteiger partial charge < -0.3 is 19.3 Å². The van der Waals surface area contributed by atoms with Crippen LogP contribution in [0.4, 0.5) is 0 Å². The van der Waals surface area contributed by atoms with Gasteiger partial charge >= 0.3 is 5.97 Å². The molecule has 4 aliphatic heterocycles. The van der Waals surface area contributed by atoms with Gasteiger partial charge in [0, 0.05) is 23.8 Å². The number of carbonyl (C=O) groups is 2. The minimum atomic E-state index is -1.49. The highest BCUT2D eigenvalue weighted by Gasteiger charge is 2.69. The van der Waals surface area contributed by atoms with E-state index in [1.54, 1.807) is 12.1 Å². The van der Waals surface area contributed by atoms with Gasteiger partial charge in [0.05, 0.1) is 0 Å². The number of Topliss-reactive ketones (excluding diaryl/α,β-unsaturated/α-hetero) is 1. The number of fused-ring (bicyclic) bond motifs is 2. The summed E-state index contributed by atoms with van der Waals surface area (Å²) in [5.74, 6) is -1.86. The first-order chi connectivity index (χ1) is 14.7. The third-order valence-electron chi connectivity index (χ3n) is 7.66. The molecule has 0 amide bonds. The van der Waals surface area contributed by atoms with Crippen LogP contribution in [0, 0.1) is 23.7 Å². The summed E-state index contributed by atoms with van der Waals surface area (Å²) in [6, 6.07) is 6.06. The van der Waals surface area contributed by atoms with Crippen molar-refractivity contribution >= 4 is 11.8 Å². The van der Waals surface area contributed by atoms with Gasteiger partial charge in [-0.2, -0.15) is 0 Å². The molecule has 168 valence electrons. The maximum Gasteiger partial charge on any atom is 0.377 e. The molecule has 0 radical (unpaired) electrons. The number of ether oxygens (including phenoxy) is 3. The molecule has 1 spiro atoms. The van der Waals surface area contributed by atoms with Crippen LogP contribution in [-0.4, -0.2) is 40.8 Å². The Labute approximate surface area is 180 Å². The van der Waals surface area contributed by atoms with E-state index in [-0.39, 0.29) is 23.3 Å². The predicted molar refractivity (Wildman–Crippen MR) is 106 cm³/mol. The Morgan fingerprint density at radius 2 is 1.81 bits per heavy atom. The van der Waals surface area contributed by atoms with Crippen molar-refractivity contribution in [3.63, 3.8) is 0 Å². The number of hydrogen-bond acceptors (Lipinski definition) is 7. The molecule has 8 heteroatoms. The largest absolute Gasteiger partial charge is 0.475 e. The Morgan fingerprint density at radius 1 is 1.06 bits per heavy atom. The molecule has 5 aliphatic rings. The zero-order valence-electron chi connectivity index (χ0n) is 17.9. The predicted octanol–water partition coefficient (Wildman–Crippen LogP) is 3.54. The van der Waals surface area contributed by atoms with Crippen molar-refractivity contribution in [3.8, 4) is 5.75 Å². The molecule has 1 saturated carbocycles. The number of aliphatic carboxylic acids is 1. The fraction of sp³-hybridized carbons (Fsp3) is 0.652. The van der Waals surface area contributed by atoms with Gasteiger partial charge in [0.25, 0.3) is 5.78 Å². The van der Waals surface area contributed by atoms with E-state index in [0.29, 0.717) is 11.7 Å². The van der Waals surface area contributed by atoms with Crippen LogP contribution in [-0.2, 0) is 24.0 Å². The van der Waals surface area contributed by atoms with Gasteiger partial charge in [0.15, 0.2) is 11.9 Å². The number of carbonyl (C=O) groups excluding carboxylic acids is 1. The van der Waals surface area contributed by atoms with Crippen LogP contribution in [0.5, 0.6) is 5.75 Å². The van der Waals surface area contributed by atoms with Gasteiger partial charge in [-0.25, -0.2) is 14.6 Å². The summed E-state index contributed by atoms with van der Waals surface area (Å²) >= 11 is 0. The summed E-state index contributed by atoms with van der Waals surface area (Å²) in [4.78, 5) is 34.4. The van der Waals surface area contributed by atoms with Crippen LogP contribution in [0.25, 0.3) is 0 Å². The van der Waals surface area contributed by atoms with E-state index < -0.39 is 35.7 Å². The average Bonchev–Trinajstić information content (AvgIpc) is 2.98. The Hall–Kier alpha value is -2.00. The smallest absolute Gasteiger partial charge is 0.377 e. The van der Waals surface area contributed by atoms with Crippen molar-refractivity contribution in [2.75, 3.05) is 0 Å². The Kier molecular flexibility index (Phi) is 4.89. The van der Waals surface area contributed by atoms with Gasteiger partial charge in [-0.05, 0) is 62.3 Å². The topological polar surface area (TPSA) is 101 Å². The molecule has 1 aliphatic carbocycles. The van der Waals surface area contributed by atoms with E-state index in [1.807, 2.05) is 6.92 Å². The van der Waals surface area contributed by atoms with E-state index in [9.17, 15) is 9.59 Å². The normalized spacial score (nSPS) is 43.6. The Balaban J connectivity index is 1.41. The standard InChI is InChI=1S/C23H28O8/c1-12-4-9-17-13(2)20(27-15-7-5-14(6-8-15)18(24)19(25)26)28-21-23(17)16(12)10-11-22(3,29-21)30-31-23/h5-8,12-13,16-17,20-21H,4,9-11H2,1-3H3,(H,25,26)/t12-,13-,16+,17+,20+,21-,22-,23-/m1/s1. The first-order valence-electron chi connectivity index (χ1n) is 11.0. The SMILES string of the molecule is C[C@H]1[C@@H](Oc2ccc(C(=O)C(=O)O)cc2)O[C@@H]2O[C@@]3(C)CC[C@H]4[C@H](C)CC[C@@H]1[C@@]24OO3. The molecule has 6 rings (SSSR count). The number of carboxylic acids is 1. The minimum Gasteiger partial charge on any atom is -0.475 e. The highest BCUT2D eigenvalue weighted by atomic mass is 17.3. The van der Waals surface area contributed by atoms with Crippen LogP contribution in [0.2, 0.25) is 0 Å². The van der Waals surface area contributed by atoms with Gasteiger partial charge in [-0.15, -0.1) is 0 Å². The summed E-state index contributed by atoms with van der Waals surface area (Å²) in [7, 11) is 0. The van der Waals surface area contributed by atoms with Crippen molar-refractivity contribution < 1.29 is 38.7 Å². The van der Waals surface area contributed by atoms with Gasteiger partial charge in [0.1, 0.15) is 5.75 Å². The quantitative estimate of drug-likeness (QED) is 0.438. The molecule has 0 aromatic heterocycles.